The maximum atomic E-state index is 13.0. The van der Waals surface area contributed by atoms with Gasteiger partial charge in [0.15, 0.2) is 4.77 Å². The molecular formula is C14H17FN4OS. The van der Waals surface area contributed by atoms with Gasteiger partial charge in [0.1, 0.15) is 12.1 Å². The summed E-state index contributed by atoms with van der Waals surface area (Å²) < 4.78 is 23.1. The van der Waals surface area contributed by atoms with Gasteiger partial charge in [-0.3, -0.25) is 4.90 Å². The fourth-order valence-electron chi connectivity index (χ4n) is 2.42. The molecule has 112 valence electrons. The van der Waals surface area contributed by atoms with Crippen LogP contribution in [0, 0.1) is 10.6 Å². The van der Waals surface area contributed by atoms with E-state index in [1.54, 1.807) is 23.1 Å². The first-order valence-electron chi connectivity index (χ1n) is 6.81. The molecule has 21 heavy (non-hydrogen) atoms. The number of halogens is 1. The molecule has 0 amide bonds. The molecule has 1 atom stereocenters. The number of nitrogens with zero attached hydrogens (tertiary/aromatic N) is 4. The fraction of sp³-hybridized carbons (Fsp3) is 0.429. The number of aromatic nitrogens is 3. The zero-order chi connectivity index (χ0) is 14.8. The van der Waals surface area contributed by atoms with Crippen LogP contribution >= 0.6 is 12.2 Å². The third-order valence-corrected chi connectivity index (χ3v) is 4.11. The van der Waals surface area contributed by atoms with E-state index in [1.807, 2.05) is 11.6 Å². The number of rotatable bonds is 3. The molecule has 0 spiro atoms. The minimum absolute atomic E-state index is 0.0442. The maximum absolute atomic E-state index is 13.0. The van der Waals surface area contributed by atoms with E-state index in [0.29, 0.717) is 18.0 Å². The summed E-state index contributed by atoms with van der Waals surface area (Å²) in [4.78, 5) is 2.24. The lowest BCUT2D eigenvalue weighted by atomic mass is 10.1. The first-order valence-corrected chi connectivity index (χ1v) is 7.22. The quantitative estimate of drug-likeness (QED) is 0.814. The van der Waals surface area contributed by atoms with Crippen molar-refractivity contribution in [3.8, 4) is 0 Å². The van der Waals surface area contributed by atoms with Gasteiger partial charge in [0.05, 0.1) is 19.4 Å². The summed E-state index contributed by atoms with van der Waals surface area (Å²) >= 11 is 5.30. The molecule has 0 unspecified atom stereocenters. The van der Waals surface area contributed by atoms with Crippen LogP contribution in [0.15, 0.2) is 30.6 Å². The molecule has 1 aliphatic heterocycles. The number of ether oxygens (including phenoxy) is 1. The van der Waals surface area contributed by atoms with Crippen molar-refractivity contribution in [2.24, 2.45) is 7.05 Å². The summed E-state index contributed by atoms with van der Waals surface area (Å²) in [5, 5.41) is 4.26. The standard InChI is InChI=1S/C14H17FN4OS/c1-17-9-16-19(14(17)21)10-18-6-7-20-13(8-18)11-2-4-12(15)5-3-11/h2-5,9,13H,6-8,10H2,1H3/t13-/m1/s1. The smallest absolute Gasteiger partial charge is 0.198 e. The van der Waals surface area contributed by atoms with Gasteiger partial charge in [-0.15, -0.1) is 0 Å². The average molecular weight is 308 g/mol. The SMILES string of the molecule is Cn1cnn(CN2CCO[C@@H](c3ccc(F)cc3)C2)c1=S. The van der Waals surface area contributed by atoms with Crippen LogP contribution in [0.4, 0.5) is 4.39 Å². The highest BCUT2D eigenvalue weighted by Crippen LogP contribution is 2.22. The van der Waals surface area contributed by atoms with Crippen LogP contribution in [0.3, 0.4) is 0 Å². The predicted molar refractivity (Wildman–Crippen MR) is 78.7 cm³/mol. The normalized spacial score (nSPS) is 19.8. The van der Waals surface area contributed by atoms with E-state index in [2.05, 4.69) is 10.00 Å². The van der Waals surface area contributed by atoms with E-state index in [4.69, 9.17) is 17.0 Å². The Morgan fingerprint density at radius 2 is 2.14 bits per heavy atom. The molecular weight excluding hydrogens is 291 g/mol. The van der Waals surface area contributed by atoms with Crippen molar-refractivity contribution in [2.45, 2.75) is 12.8 Å². The van der Waals surface area contributed by atoms with Crippen LogP contribution in [0.2, 0.25) is 0 Å². The van der Waals surface area contributed by atoms with E-state index in [1.165, 1.54) is 12.1 Å². The second-order valence-corrected chi connectivity index (χ2v) is 5.52. The van der Waals surface area contributed by atoms with Gasteiger partial charge in [-0.25, -0.2) is 9.07 Å². The summed E-state index contributed by atoms with van der Waals surface area (Å²) in [6.07, 6.45) is 1.66. The summed E-state index contributed by atoms with van der Waals surface area (Å²) in [5.74, 6) is -0.230. The van der Waals surface area contributed by atoms with Crippen molar-refractivity contribution in [1.82, 2.24) is 19.2 Å². The van der Waals surface area contributed by atoms with E-state index in [9.17, 15) is 4.39 Å². The molecule has 7 heteroatoms. The summed E-state index contributed by atoms with van der Waals surface area (Å²) in [6, 6.07) is 6.48. The van der Waals surface area contributed by atoms with Crippen molar-refractivity contribution < 1.29 is 9.13 Å². The zero-order valence-corrected chi connectivity index (χ0v) is 12.6. The van der Waals surface area contributed by atoms with E-state index >= 15 is 0 Å². The largest absolute Gasteiger partial charge is 0.371 e. The lowest BCUT2D eigenvalue weighted by Gasteiger charge is -2.32. The number of aryl methyl sites for hydroxylation is 1. The van der Waals surface area contributed by atoms with E-state index < -0.39 is 0 Å². The van der Waals surface area contributed by atoms with E-state index in [-0.39, 0.29) is 11.9 Å². The van der Waals surface area contributed by atoms with Crippen LogP contribution in [-0.4, -0.2) is 38.9 Å². The molecule has 2 aromatic rings. The van der Waals surface area contributed by atoms with Crippen molar-refractivity contribution in [1.29, 1.82) is 0 Å². The Bertz CT molecular complexity index is 666. The van der Waals surface area contributed by atoms with Crippen LogP contribution in [0.5, 0.6) is 0 Å². The molecule has 0 saturated carbocycles. The van der Waals surface area contributed by atoms with Gasteiger partial charge >= 0.3 is 0 Å². The highest BCUT2D eigenvalue weighted by Gasteiger charge is 2.22. The van der Waals surface area contributed by atoms with Crippen LogP contribution in [-0.2, 0) is 18.5 Å². The van der Waals surface area contributed by atoms with Crippen molar-refractivity contribution >= 4 is 12.2 Å². The summed E-state index contributed by atoms with van der Waals surface area (Å²) in [6.45, 7) is 2.85. The minimum atomic E-state index is -0.230. The minimum Gasteiger partial charge on any atom is -0.371 e. The summed E-state index contributed by atoms with van der Waals surface area (Å²) in [7, 11) is 1.88. The van der Waals surface area contributed by atoms with Gasteiger partial charge in [0, 0.05) is 20.1 Å². The van der Waals surface area contributed by atoms with Gasteiger partial charge in [0.25, 0.3) is 0 Å². The maximum Gasteiger partial charge on any atom is 0.198 e. The third kappa shape index (κ3) is 3.20. The number of hydrogen-bond donors (Lipinski definition) is 0. The lowest BCUT2D eigenvalue weighted by molar-refractivity contribution is -0.0419. The third-order valence-electron chi connectivity index (χ3n) is 3.61. The predicted octanol–water partition coefficient (Wildman–Crippen LogP) is 2.12. The molecule has 1 aliphatic rings. The zero-order valence-electron chi connectivity index (χ0n) is 11.8. The fourth-order valence-corrected chi connectivity index (χ4v) is 2.57. The molecule has 1 aromatic heterocycles. The highest BCUT2D eigenvalue weighted by atomic mass is 32.1. The Morgan fingerprint density at radius 3 is 2.81 bits per heavy atom. The van der Waals surface area contributed by atoms with Crippen molar-refractivity contribution in [2.75, 3.05) is 19.7 Å². The second-order valence-electron chi connectivity index (χ2n) is 5.15. The number of morpholine rings is 1. The molecule has 2 heterocycles. The molecule has 1 saturated heterocycles. The van der Waals surface area contributed by atoms with Gasteiger partial charge in [0.2, 0.25) is 0 Å². The molecule has 0 bridgehead atoms. The number of benzene rings is 1. The molecule has 1 aromatic carbocycles. The van der Waals surface area contributed by atoms with Crippen molar-refractivity contribution in [3.63, 3.8) is 0 Å². The monoisotopic (exact) mass is 308 g/mol. The Balaban J connectivity index is 1.69. The molecule has 0 aliphatic carbocycles. The molecule has 1 fully saturated rings. The highest BCUT2D eigenvalue weighted by molar-refractivity contribution is 7.71. The van der Waals surface area contributed by atoms with Crippen molar-refractivity contribution in [3.05, 3.63) is 46.7 Å². The topological polar surface area (TPSA) is 35.2 Å². The number of hydrogen-bond acceptors (Lipinski definition) is 4. The van der Waals surface area contributed by atoms with Gasteiger partial charge in [-0.2, -0.15) is 5.10 Å². The Kier molecular flexibility index (Phi) is 4.14. The Hall–Kier alpha value is -1.57. The van der Waals surface area contributed by atoms with Gasteiger partial charge in [-0.1, -0.05) is 12.1 Å². The van der Waals surface area contributed by atoms with Crippen LogP contribution in [0.1, 0.15) is 11.7 Å². The molecule has 0 N–H and O–H groups in total. The van der Waals surface area contributed by atoms with Crippen LogP contribution < -0.4 is 0 Å². The first kappa shape index (κ1) is 14.4. The molecule has 0 radical (unpaired) electrons. The summed E-state index contributed by atoms with van der Waals surface area (Å²) in [5.41, 5.74) is 0.991. The first-order chi connectivity index (χ1) is 10.1. The molecule has 5 nitrogen and oxygen atoms in total. The Morgan fingerprint density at radius 1 is 1.38 bits per heavy atom. The van der Waals surface area contributed by atoms with Gasteiger partial charge in [-0.05, 0) is 29.9 Å². The van der Waals surface area contributed by atoms with E-state index in [0.717, 1.165) is 18.7 Å². The Labute approximate surface area is 127 Å². The van der Waals surface area contributed by atoms with Crippen LogP contribution in [0.25, 0.3) is 0 Å². The lowest BCUT2D eigenvalue weighted by Crippen LogP contribution is -2.39. The second kappa shape index (κ2) is 6.05. The molecule has 3 rings (SSSR count). The van der Waals surface area contributed by atoms with Gasteiger partial charge < -0.3 is 9.30 Å². The average Bonchev–Trinajstić information content (AvgIpc) is 2.80.